The average Bonchev–Trinajstić information content (AvgIpc) is 2.74. The number of nitrogens with one attached hydrogen (secondary N) is 1. The fourth-order valence-electron chi connectivity index (χ4n) is 2.64. The monoisotopic (exact) mass is 389 g/mol. The van der Waals surface area contributed by atoms with Gasteiger partial charge in [-0.15, -0.1) is 0 Å². The van der Waals surface area contributed by atoms with Crippen molar-refractivity contribution < 1.29 is 28.8 Å². The Labute approximate surface area is 165 Å². The molecule has 152 valence electrons. The number of hydrogen-bond acceptors (Lipinski definition) is 6. The van der Waals surface area contributed by atoms with E-state index >= 15 is 0 Å². The lowest BCUT2D eigenvalue weighted by Crippen LogP contribution is -2.28. The predicted octanol–water partition coefficient (Wildman–Crippen LogP) is 2.72. The van der Waals surface area contributed by atoms with Crippen LogP contribution in [0.4, 0.5) is 0 Å². The largest absolute Gasteiger partial charge is 0.497 e. The molecule has 7 nitrogen and oxygen atoms in total. The number of aliphatic hydroxyl groups excluding tert-OH is 1. The van der Waals surface area contributed by atoms with Gasteiger partial charge in [0.05, 0.1) is 34.0 Å². The Balaban J connectivity index is 1.71. The van der Waals surface area contributed by atoms with Crippen molar-refractivity contribution in [3.05, 3.63) is 48.0 Å². The van der Waals surface area contributed by atoms with Crippen LogP contribution in [0.15, 0.2) is 42.5 Å². The maximum atomic E-state index is 12.0. The molecule has 0 spiro atoms. The topological polar surface area (TPSA) is 86.3 Å². The predicted molar refractivity (Wildman–Crippen MR) is 105 cm³/mol. The minimum absolute atomic E-state index is 0.148. The molecule has 0 radical (unpaired) electrons. The molecule has 1 atom stereocenters. The summed E-state index contributed by atoms with van der Waals surface area (Å²) >= 11 is 0. The number of benzene rings is 2. The van der Waals surface area contributed by atoms with E-state index in [9.17, 15) is 9.90 Å². The number of rotatable bonds is 11. The first-order valence-electron chi connectivity index (χ1n) is 9.01. The summed E-state index contributed by atoms with van der Waals surface area (Å²) in [5.74, 6) is 2.48. The highest BCUT2D eigenvalue weighted by atomic mass is 16.5. The number of hydrogen-bond donors (Lipinski definition) is 2. The first-order valence-corrected chi connectivity index (χ1v) is 9.01. The van der Waals surface area contributed by atoms with Crippen LogP contribution in [0.1, 0.15) is 24.5 Å². The lowest BCUT2D eigenvalue weighted by atomic mass is 10.0. The Morgan fingerprint density at radius 1 is 0.964 bits per heavy atom. The van der Waals surface area contributed by atoms with E-state index < -0.39 is 6.10 Å². The number of aliphatic hydroxyl groups is 1. The van der Waals surface area contributed by atoms with Crippen molar-refractivity contribution in [3.8, 4) is 23.0 Å². The highest BCUT2D eigenvalue weighted by Crippen LogP contribution is 2.31. The summed E-state index contributed by atoms with van der Waals surface area (Å²) in [5.41, 5.74) is 0.624. The maximum Gasteiger partial charge on any atom is 0.220 e. The van der Waals surface area contributed by atoms with Crippen molar-refractivity contribution in [2.24, 2.45) is 0 Å². The summed E-state index contributed by atoms with van der Waals surface area (Å²) in [7, 11) is 4.70. The normalized spacial score (nSPS) is 11.4. The molecule has 1 unspecified atom stereocenters. The minimum Gasteiger partial charge on any atom is -0.497 e. The molecule has 0 aliphatic rings. The van der Waals surface area contributed by atoms with E-state index in [1.165, 1.54) is 7.11 Å². The van der Waals surface area contributed by atoms with E-state index in [2.05, 4.69) is 5.32 Å². The van der Waals surface area contributed by atoms with Gasteiger partial charge < -0.3 is 29.4 Å². The van der Waals surface area contributed by atoms with Crippen LogP contribution in [0.3, 0.4) is 0 Å². The molecule has 0 saturated heterocycles. The molecular weight excluding hydrogens is 362 g/mol. The Morgan fingerprint density at radius 2 is 1.61 bits per heavy atom. The van der Waals surface area contributed by atoms with Crippen molar-refractivity contribution in [2.45, 2.75) is 18.9 Å². The van der Waals surface area contributed by atoms with Crippen LogP contribution in [-0.4, -0.2) is 45.5 Å². The summed E-state index contributed by atoms with van der Waals surface area (Å²) in [6.45, 7) is 0.736. The zero-order valence-electron chi connectivity index (χ0n) is 16.4. The maximum absolute atomic E-state index is 12.0. The van der Waals surface area contributed by atoms with Crippen LogP contribution in [0.25, 0.3) is 0 Å². The Bertz CT molecular complexity index is 747. The Hall–Kier alpha value is -2.93. The Kier molecular flexibility index (Phi) is 8.42. The molecule has 28 heavy (non-hydrogen) atoms. The zero-order valence-corrected chi connectivity index (χ0v) is 16.4. The quantitative estimate of drug-likeness (QED) is 0.575. The molecular formula is C21H27NO6. The van der Waals surface area contributed by atoms with Crippen LogP contribution in [0, 0.1) is 0 Å². The highest BCUT2D eigenvalue weighted by molar-refractivity contribution is 5.75. The number of carbonyl (C=O) groups is 1. The van der Waals surface area contributed by atoms with Gasteiger partial charge in [0, 0.05) is 18.1 Å². The third-order valence-electron chi connectivity index (χ3n) is 4.20. The second-order valence-electron chi connectivity index (χ2n) is 6.04. The fourth-order valence-corrected chi connectivity index (χ4v) is 2.64. The van der Waals surface area contributed by atoms with Crippen LogP contribution >= 0.6 is 0 Å². The van der Waals surface area contributed by atoms with E-state index in [0.717, 1.165) is 5.75 Å². The van der Waals surface area contributed by atoms with Crippen molar-refractivity contribution in [3.63, 3.8) is 0 Å². The fraction of sp³-hybridized carbons (Fsp3) is 0.381. The summed E-state index contributed by atoms with van der Waals surface area (Å²) in [6, 6.07) is 12.4. The molecule has 2 rings (SSSR count). The standard InChI is InChI=1S/C21H27NO6/c1-25-15-4-6-16(7-5-15)28-13-12-22-21(24)11-10-19(23)18-9-8-17(26-2)14-20(18)27-3/h4-9,14,19,23H,10-13H2,1-3H3,(H,22,24). The van der Waals surface area contributed by atoms with E-state index in [4.69, 9.17) is 18.9 Å². The van der Waals surface area contributed by atoms with Gasteiger partial charge in [-0.3, -0.25) is 4.79 Å². The van der Waals surface area contributed by atoms with Crippen molar-refractivity contribution in [1.82, 2.24) is 5.32 Å². The SMILES string of the molecule is COc1ccc(OCCNC(=O)CCC(O)c2ccc(OC)cc2OC)cc1. The highest BCUT2D eigenvalue weighted by Gasteiger charge is 2.15. The molecule has 2 N–H and O–H groups in total. The summed E-state index contributed by atoms with van der Waals surface area (Å²) in [4.78, 5) is 12.0. The third kappa shape index (κ3) is 6.35. The molecule has 2 aromatic rings. The summed E-state index contributed by atoms with van der Waals surface area (Å²) in [5, 5.41) is 13.2. The molecule has 0 saturated carbocycles. The van der Waals surface area contributed by atoms with Crippen molar-refractivity contribution in [1.29, 1.82) is 0 Å². The van der Waals surface area contributed by atoms with Crippen molar-refractivity contribution >= 4 is 5.91 Å². The number of carbonyl (C=O) groups excluding carboxylic acids is 1. The Morgan fingerprint density at radius 3 is 2.25 bits per heavy atom. The lowest BCUT2D eigenvalue weighted by molar-refractivity contribution is -0.121. The molecule has 2 aromatic carbocycles. The average molecular weight is 389 g/mol. The van der Waals surface area contributed by atoms with Gasteiger partial charge in [0.25, 0.3) is 0 Å². The summed E-state index contributed by atoms with van der Waals surface area (Å²) in [6.07, 6.45) is -0.325. The van der Waals surface area contributed by atoms with Gasteiger partial charge in [-0.1, -0.05) is 0 Å². The van der Waals surface area contributed by atoms with E-state index in [-0.39, 0.29) is 18.7 Å². The van der Waals surface area contributed by atoms with E-state index in [1.807, 2.05) is 12.1 Å². The second-order valence-corrected chi connectivity index (χ2v) is 6.04. The number of methoxy groups -OCH3 is 3. The van der Waals surface area contributed by atoms with Gasteiger partial charge in [0.15, 0.2) is 0 Å². The van der Waals surface area contributed by atoms with Gasteiger partial charge in [-0.2, -0.15) is 0 Å². The minimum atomic E-state index is -0.804. The van der Waals surface area contributed by atoms with E-state index in [0.29, 0.717) is 36.0 Å². The molecule has 0 aliphatic carbocycles. The van der Waals surface area contributed by atoms with Crippen LogP contribution in [-0.2, 0) is 4.79 Å². The van der Waals surface area contributed by atoms with Gasteiger partial charge in [-0.05, 0) is 42.8 Å². The zero-order chi connectivity index (χ0) is 20.4. The molecule has 0 fully saturated rings. The van der Waals surface area contributed by atoms with Gasteiger partial charge >= 0.3 is 0 Å². The van der Waals surface area contributed by atoms with Gasteiger partial charge in [-0.25, -0.2) is 0 Å². The molecule has 0 heterocycles. The van der Waals surface area contributed by atoms with Gasteiger partial charge in [0.2, 0.25) is 5.91 Å². The lowest BCUT2D eigenvalue weighted by Gasteiger charge is -2.15. The first-order chi connectivity index (χ1) is 13.6. The molecule has 0 bridgehead atoms. The molecule has 7 heteroatoms. The summed E-state index contributed by atoms with van der Waals surface area (Å²) < 4.78 is 21.1. The molecule has 0 aliphatic heterocycles. The number of amides is 1. The van der Waals surface area contributed by atoms with Crippen LogP contribution in [0.2, 0.25) is 0 Å². The van der Waals surface area contributed by atoms with Crippen LogP contribution < -0.4 is 24.3 Å². The van der Waals surface area contributed by atoms with Crippen LogP contribution in [0.5, 0.6) is 23.0 Å². The second kappa shape index (κ2) is 11.0. The molecule has 0 aromatic heterocycles. The molecule has 1 amide bonds. The first kappa shape index (κ1) is 21.4. The van der Waals surface area contributed by atoms with E-state index in [1.54, 1.807) is 44.6 Å². The number of ether oxygens (including phenoxy) is 4. The third-order valence-corrected chi connectivity index (χ3v) is 4.20. The smallest absolute Gasteiger partial charge is 0.220 e. The van der Waals surface area contributed by atoms with Crippen molar-refractivity contribution in [2.75, 3.05) is 34.5 Å². The van der Waals surface area contributed by atoms with Gasteiger partial charge in [0.1, 0.15) is 29.6 Å².